The van der Waals surface area contributed by atoms with Crippen molar-refractivity contribution in [3.8, 4) is 0 Å². The highest BCUT2D eigenvalue weighted by molar-refractivity contribution is 5.79. The summed E-state index contributed by atoms with van der Waals surface area (Å²) in [4.78, 5) is 25.0. The molecule has 0 aromatic heterocycles. The second kappa shape index (κ2) is 6.37. The summed E-state index contributed by atoms with van der Waals surface area (Å²) in [5.41, 5.74) is -0.0755. The van der Waals surface area contributed by atoms with Crippen LogP contribution in [-0.4, -0.2) is 48.1 Å². The molecule has 1 saturated carbocycles. The van der Waals surface area contributed by atoms with E-state index in [9.17, 15) is 9.59 Å². The molecule has 1 aliphatic rings. The van der Waals surface area contributed by atoms with Gasteiger partial charge in [-0.25, -0.2) is 0 Å². The van der Waals surface area contributed by atoms with Gasteiger partial charge in [0, 0.05) is 18.0 Å². The van der Waals surface area contributed by atoms with Gasteiger partial charge in [0.25, 0.3) is 0 Å². The Hall–Kier alpha value is -1.10. The van der Waals surface area contributed by atoms with Crippen molar-refractivity contribution in [3.05, 3.63) is 0 Å². The van der Waals surface area contributed by atoms with Crippen LogP contribution in [0.2, 0.25) is 0 Å². The Bertz CT molecular complexity index is 332. The number of hydrogen-bond donors (Lipinski definition) is 2. The van der Waals surface area contributed by atoms with Crippen LogP contribution in [0.3, 0.4) is 0 Å². The van der Waals surface area contributed by atoms with Gasteiger partial charge in [0.05, 0.1) is 5.92 Å². The molecule has 5 heteroatoms. The average molecular weight is 270 g/mol. The Kier molecular flexibility index (Phi) is 5.35. The number of hydrogen-bond acceptors (Lipinski definition) is 3. The normalized spacial score (nSPS) is 24.3. The molecule has 0 bridgehead atoms. The van der Waals surface area contributed by atoms with E-state index in [2.05, 4.69) is 24.1 Å². The lowest BCUT2D eigenvalue weighted by Crippen LogP contribution is -2.49. The molecule has 0 atom stereocenters. The molecule has 1 rings (SSSR count). The van der Waals surface area contributed by atoms with Crippen molar-refractivity contribution >= 4 is 11.9 Å². The number of likely N-dealkylation sites (N-methyl/N-ethyl adjacent to an activating group) is 1. The largest absolute Gasteiger partial charge is 0.481 e. The maximum absolute atomic E-state index is 12.1. The minimum atomic E-state index is -0.729. The molecule has 1 amide bonds. The molecule has 0 spiro atoms. The minimum Gasteiger partial charge on any atom is -0.481 e. The van der Waals surface area contributed by atoms with Crippen molar-refractivity contribution in [2.75, 3.05) is 20.6 Å². The Morgan fingerprint density at radius 3 is 2.05 bits per heavy atom. The van der Waals surface area contributed by atoms with E-state index in [1.165, 1.54) is 0 Å². The van der Waals surface area contributed by atoms with Crippen molar-refractivity contribution in [3.63, 3.8) is 0 Å². The van der Waals surface area contributed by atoms with Crippen LogP contribution in [-0.2, 0) is 9.59 Å². The van der Waals surface area contributed by atoms with Gasteiger partial charge in [0.2, 0.25) is 5.91 Å². The van der Waals surface area contributed by atoms with Gasteiger partial charge >= 0.3 is 5.97 Å². The van der Waals surface area contributed by atoms with Crippen molar-refractivity contribution in [2.45, 2.75) is 45.1 Å². The first-order valence-electron chi connectivity index (χ1n) is 6.92. The Morgan fingerprint density at radius 1 is 1.16 bits per heavy atom. The molecule has 1 fully saturated rings. The molecule has 0 aromatic carbocycles. The summed E-state index contributed by atoms with van der Waals surface area (Å²) in [5, 5.41) is 11.9. The topological polar surface area (TPSA) is 69.6 Å². The van der Waals surface area contributed by atoms with Gasteiger partial charge in [0.1, 0.15) is 0 Å². The van der Waals surface area contributed by atoms with Crippen LogP contribution in [0.1, 0.15) is 39.5 Å². The van der Waals surface area contributed by atoms with Gasteiger partial charge in [0.15, 0.2) is 0 Å². The molecule has 2 N–H and O–H groups in total. The number of nitrogens with zero attached hydrogens (tertiary/aromatic N) is 1. The first-order chi connectivity index (χ1) is 8.74. The molecule has 0 aromatic rings. The number of carboxylic acids is 1. The van der Waals surface area contributed by atoms with Crippen molar-refractivity contribution in [1.82, 2.24) is 10.2 Å². The fraction of sp³-hybridized carbons (Fsp3) is 0.857. The van der Waals surface area contributed by atoms with E-state index in [1.54, 1.807) is 0 Å². The summed E-state index contributed by atoms with van der Waals surface area (Å²) in [6, 6.07) is 0. The Morgan fingerprint density at radius 2 is 1.63 bits per heavy atom. The van der Waals surface area contributed by atoms with E-state index in [0.29, 0.717) is 32.2 Å². The summed E-state index contributed by atoms with van der Waals surface area (Å²) in [6.45, 7) is 4.76. The highest BCUT2D eigenvalue weighted by Gasteiger charge is 2.30. The predicted molar refractivity (Wildman–Crippen MR) is 73.9 cm³/mol. The van der Waals surface area contributed by atoms with Gasteiger partial charge in [-0.3, -0.25) is 9.59 Å². The fourth-order valence-electron chi connectivity index (χ4n) is 2.21. The highest BCUT2D eigenvalue weighted by Crippen LogP contribution is 2.29. The van der Waals surface area contributed by atoms with E-state index in [4.69, 9.17) is 5.11 Å². The summed E-state index contributed by atoms with van der Waals surface area (Å²) < 4.78 is 0. The molecule has 0 heterocycles. The molecule has 1 aliphatic carbocycles. The van der Waals surface area contributed by atoms with Crippen LogP contribution < -0.4 is 5.32 Å². The second-order valence-electron chi connectivity index (χ2n) is 6.31. The van der Waals surface area contributed by atoms with Crippen LogP contribution in [0.5, 0.6) is 0 Å². The zero-order chi connectivity index (χ0) is 14.6. The van der Waals surface area contributed by atoms with Crippen LogP contribution in [0.25, 0.3) is 0 Å². The van der Waals surface area contributed by atoms with Crippen molar-refractivity contribution in [2.24, 2.45) is 11.8 Å². The van der Waals surface area contributed by atoms with Crippen molar-refractivity contribution in [1.29, 1.82) is 0 Å². The van der Waals surface area contributed by atoms with Gasteiger partial charge < -0.3 is 15.3 Å². The third-order valence-corrected chi connectivity index (χ3v) is 4.35. The molecule has 5 nitrogen and oxygen atoms in total. The molecular weight excluding hydrogens is 244 g/mol. The standard InChI is InChI=1S/C14H26N2O3/c1-14(2,16(3)4)9-15-12(17)10-5-7-11(8-6-10)13(18)19/h10-11H,5-9H2,1-4H3,(H,15,17)(H,18,19). The summed E-state index contributed by atoms with van der Waals surface area (Å²) in [6.07, 6.45) is 2.60. The van der Waals surface area contributed by atoms with E-state index in [1.807, 2.05) is 14.1 Å². The maximum Gasteiger partial charge on any atom is 0.306 e. The zero-order valence-electron chi connectivity index (χ0n) is 12.4. The molecule has 0 saturated heterocycles. The SMILES string of the molecule is CN(C)C(C)(C)CNC(=O)C1CCC(C(=O)O)CC1. The van der Waals surface area contributed by atoms with Crippen LogP contribution in [0, 0.1) is 11.8 Å². The number of amides is 1. The van der Waals surface area contributed by atoms with E-state index < -0.39 is 5.97 Å². The van der Waals surface area contributed by atoms with Crippen LogP contribution in [0.4, 0.5) is 0 Å². The Labute approximate surface area is 115 Å². The summed E-state index contributed by atoms with van der Waals surface area (Å²) in [7, 11) is 3.98. The summed E-state index contributed by atoms with van der Waals surface area (Å²) >= 11 is 0. The first kappa shape index (κ1) is 16.0. The number of rotatable bonds is 5. The number of carboxylic acid groups (broad SMARTS) is 1. The van der Waals surface area contributed by atoms with E-state index >= 15 is 0 Å². The van der Waals surface area contributed by atoms with Crippen LogP contribution >= 0.6 is 0 Å². The molecule has 0 aliphatic heterocycles. The lowest BCUT2D eigenvalue weighted by atomic mass is 9.81. The smallest absolute Gasteiger partial charge is 0.306 e. The highest BCUT2D eigenvalue weighted by atomic mass is 16.4. The third-order valence-electron chi connectivity index (χ3n) is 4.35. The fourth-order valence-corrected chi connectivity index (χ4v) is 2.21. The predicted octanol–water partition coefficient (Wildman–Crippen LogP) is 1.33. The Balaban J connectivity index is 2.38. The number of carbonyl (C=O) groups is 2. The number of carbonyl (C=O) groups excluding carboxylic acids is 1. The van der Waals surface area contributed by atoms with Crippen LogP contribution in [0.15, 0.2) is 0 Å². The lowest BCUT2D eigenvalue weighted by Gasteiger charge is -2.33. The second-order valence-corrected chi connectivity index (χ2v) is 6.31. The monoisotopic (exact) mass is 270 g/mol. The van der Waals surface area contributed by atoms with Gasteiger partial charge in [-0.05, 0) is 53.6 Å². The first-order valence-corrected chi connectivity index (χ1v) is 6.92. The van der Waals surface area contributed by atoms with Gasteiger partial charge in [-0.2, -0.15) is 0 Å². The third kappa shape index (κ3) is 4.49. The number of aliphatic carboxylic acids is 1. The zero-order valence-corrected chi connectivity index (χ0v) is 12.4. The van der Waals surface area contributed by atoms with Gasteiger partial charge in [-0.15, -0.1) is 0 Å². The van der Waals surface area contributed by atoms with E-state index in [0.717, 1.165) is 0 Å². The average Bonchev–Trinajstić information content (AvgIpc) is 2.36. The molecular formula is C14H26N2O3. The molecule has 0 unspecified atom stereocenters. The molecule has 19 heavy (non-hydrogen) atoms. The quantitative estimate of drug-likeness (QED) is 0.791. The van der Waals surface area contributed by atoms with Gasteiger partial charge in [-0.1, -0.05) is 0 Å². The van der Waals surface area contributed by atoms with E-state index in [-0.39, 0.29) is 23.3 Å². The number of nitrogens with one attached hydrogen (secondary N) is 1. The molecule has 0 radical (unpaired) electrons. The van der Waals surface area contributed by atoms with Crippen molar-refractivity contribution < 1.29 is 14.7 Å². The lowest BCUT2D eigenvalue weighted by molar-refractivity contribution is -0.144. The summed E-state index contributed by atoms with van der Waals surface area (Å²) in [5.74, 6) is -0.942. The maximum atomic E-state index is 12.1. The minimum absolute atomic E-state index is 0.0198. The molecule has 110 valence electrons.